The molecule has 8 aromatic rings. The second-order valence-corrected chi connectivity index (χ2v) is 14.5. The van der Waals surface area contributed by atoms with Crippen molar-refractivity contribution in [2.45, 2.75) is 60.3 Å². The van der Waals surface area contributed by atoms with Crippen LogP contribution in [0.25, 0.3) is 65.9 Å². The second kappa shape index (κ2) is 12.2. The zero-order valence-corrected chi connectivity index (χ0v) is 30.4. The molecule has 1 heteroatoms. The molecule has 0 atom stereocenters. The summed E-state index contributed by atoms with van der Waals surface area (Å²) >= 11 is 0. The van der Waals surface area contributed by atoms with Crippen LogP contribution in [0.4, 0.5) is 0 Å². The van der Waals surface area contributed by atoms with Crippen LogP contribution in [0, 0.1) is 20.8 Å². The van der Waals surface area contributed by atoms with Gasteiger partial charge in [-0.2, -0.15) is 0 Å². The summed E-state index contributed by atoms with van der Waals surface area (Å²) in [5.74, 6) is 0. The monoisotopic (exact) mass is 647 g/mol. The third-order valence-electron chi connectivity index (χ3n) is 11.0. The molecule has 0 fully saturated rings. The number of aromatic nitrogens is 1. The fourth-order valence-corrected chi connectivity index (χ4v) is 8.56. The Morgan fingerprint density at radius 2 is 1.20 bits per heavy atom. The minimum absolute atomic E-state index is 0.150. The Morgan fingerprint density at radius 1 is 0.580 bits per heavy atom. The highest BCUT2D eigenvalue weighted by atomic mass is 14.9. The van der Waals surface area contributed by atoms with Crippen molar-refractivity contribution in [3.05, 3.63) is 167 Å². The van der Waals surface area contributed by atoms with Gasteiger partial charge in [-0.05, 0) is 120 Å². The van der Waals surface area contributed by atoms with Crippen molar-refractivity contribution in [3.8, 4) is 22.3 Å². The minimum Gasteiger partial charge on any atom is -0.308 e. The van der Waals surface area contributed by atoms with E-state index in [1.165, 1.54) is 99.3 Å². The molecular weight excluding hydrogens is 603 g/mol. The average Bonchev–Trinajstić information content (AvgIpc) is 3.71. The Kier molecular flexibility index (Phi) is 7.76. The summed E-state index contributed by atoms with van der Waals surface area (Å²) < 4.78 is 2.44. The molecule has 1 nitrogen and oxygen atoms in total. The topological polar surface area (TPSA) is 4.41 Å². The van der Waals surface area contributed by atoms with Crippen molar-refractivity contribution in [2.24, 2.45) is 0 Å². The molecule has 0 saturated carbocycles. The Labute approximate surface area is 296 Å². The van der Waals surface area contributed by atoms with Crippen LogP contribution in [0.1, 0.15) is 61.9 Å². The highest BCUT2D eigenvalue weighted by Crippen LogP contribution is 2.50. The van der Waals surface area contributed by atoms with Crippen molar-refractivity contribution in [1.29, 1.82) is 0 Å². The lowest BCUT2D eigenvalue weighted by molar-refractivity contribution is 0.659. The van der Waals surface area contributed by atoms with E-state index in [0.29, 0.717) is 0 Å². The summed E-state index contributed by atoms with van der Waals surface area (Å²) in [6.07, 6.45) is 5.73. The fraction of sp³-hybridized carbons (Fsp3) is 0.184. The third-order valence-corrected chi connectivity index (χ3v) is 11.0. The maximum atomic E-state index is 2.44. The third kappa shape index (κ3) is 4.90. The van der Waals surface area contributed by atoms with Gasteiger partial charge in [0.05, 0.1) is 16.6 Å². The molecule has 1 aliphatic carbocycles. The average molecular weight is 648 g/mol. The van der Waals surface area contributed by atoms with Crippen LogP contribution < -0.4 is 0 Å². The number of para-hydroxylation sites is 2. The summed E-state index contributed by atoms with van der Waals surface area (Å²) in [5, 5.41) is 5.28. The summed E-state index contributed by atoms with van der Waals surface area (Å²) in [5.41, 5.74) is 19.0. The van der Waals surface area contributed by atoms with E-state index in [1.807, 2.05) is 0 Å². The molecular formula is C49H45N. The van der Waals surface area contributed by atoms with Crippen LogP contribution in [0.2, 0.25) is 0 Å². The molecule has 0 radical (unpaired) electrons. The van der Waals surface area contributed by atoms with E-state index in [4.69, 9.17) is 0 Å². The molecule has 2 aromatic heterocycles. The van der Waals surface area contributed by atoms with Crippen molar-refractivity contribution >= 4 is 43.7 Å². The van der Waals surface area contributed by atoms with Gasteiger partial charge in [-0.3, -0.25) is 0 Å². The molecule has 0 bridgehead atoms. The first-order valence-corrected chi connectivity index (χ1v) is 18.1. The Bertz CT molecular complexity index is 2550. The smallest absolute Gasteiger partial charge is 0.0620 e. The molecule has 0 saturated heterocycles. The van der Waals surface area contributed by atoms with E-state index in [2.05, 4.69) is 186 Å². The van der Waals surface area contributed by atoms with Gasteiger partial charge in [-0.15, -0.1) is 0 Å². The molecule has 50 heavy (non-hydrogen) atoms. The molecule has 2 heterocycles. The quantitative estimate of drug-likeness (QED) is 0.180. The van der Waals surface area contributed by atoms with Crippen molar-refractivity contribution in [1.82, 2.24) is 4.40 Å². The number of nitrogens with zero attached hydrogens (tertiary/aromatic N) is 1. The van der Waals surface area contributed by atoms with Gasteiger partial charge in [0.2, 0.25) is 0 Å². The van der Waals surface area contributed by atoms with Crippen molar-refractivity contribution in [2.75, 3.05) is 0 Å². The maximum Gasteiger partial charge on any atom is 0.0620 e. The van der Waals surface area contributed by atoms with Gasteiger partial charge in [-0.25, -0.2) is 0 Å². The van der Waals surface area contributed by atoms with Crippen LogP contribution in [0.5, 0.6) is 0 Å². The van der Waals surface area contributed by atoms with Crippen LogP contribution in [-0.2, 0) is 5.41 Å². The van der Waals surface area contributed by atoms with Gasteiger partial charge in [0.15, 0.2) is 0 Å². The van der Waals surface area contributed by atoms with Gasteiger partial charge in [0.25, 0.3) is 0 Å². The molecule has 0 unspecified atom stereocenters. The molecule has 246 valence electrons. The van der Waals surface area contributed by atoms with E-state index in [0.717, 1.165) is 6.42 Å². The van der Waals surface area contributed by atoms with Crippen molar-refractivity contribution in [3.63, 3.8) is 0 Å². The van der Waals surface area contributed by atoms with Gasteiger partial charge >= 0.3 is 0 Å². The lowest BCUT2D eigenvalue weighted by Crippen LogP contribution is -2.15. The lowest BCUT2D eigenvalue weighted by Gasteiger charge is -2.22. The highest BCUT2D eigenvalue weighted by molar-refractivity contribution is 6.24. The Hall–Kier alpha value is -5.40. The largest absolute Gasteiger partial charge is 0.308 e. The number of hydrogen-bond donors (Lipinski definition) is 0. The standard InChI is InChI=1S/C32H23N.C17H22/c1-20-9-3-4-10-24(20)27-17-22(16-15-21(27)2)23-18-28-25-11-5-7-13-30(25)33-31-14-8-6-12-26(31)29(19-23)32(28)33;1-6-8-13-14-10-9-12(3)11-16(14)17(4,5)15(13)7-2/h3-19H,1-2H3;7-11H,6H2,1-5H3/b;13-8-,15-7+. The molecule has 9 rings (SSSR count). The van der Waals surface area contributed by atoms with Gasteiger partial charge in [0, 0.05) is 27.0 Å². The van der Waals surface area contributed by atoms with Gasteiger partial charge < -0.3 is 4.40 Å². The van der Waals surface area contributed by atoms with E-state index >= 15 is 0 Å². The number of aryl methyl sites for hydroxylation is 3. The molecule has 0 aliphatic heterocycles. The Morgan fingerprint density at radius 3 is 1.84 bits per heavy atom. The molecule has 6 aromatic carbocycles. The normalized spacial score (nSPS) is 15.4. The first-order valence-electron chi connectivity index (χ1n) is 18.1. The SMILES string of the molecule is C/C=C1\C(=C/CC)c2ccc(C)cc2C1(C)C.Cc1ccccc1-c1cc(-c2cc3c4ccccc4n4c5ccccc5c(c2)c34)ccc1C. The summed E-state index contributed by atoms with van der Waals surface area (Å²) in [7, 11) is 0. The lowest BCUT2D eigenvalue weighted by atomic mass is 9.81. The van der Waals surface area contributed by atoms with Gasteiger partial charge in [0.1, 0.15) is 0 Å². The molecule has 1 aliphatic rings. The summed E-state index contributed by atoms with van der Waals surface area (Å²) in [6.45, 7) is 15.6. The summed E-state index contributed by atoms with van der Waals surface area (Å²) in [6, 6.07) is 44.7. The molecule has 0 spiro atoms. The first kappa shape index (κ1) is 31.8. The van der Waals surface area contributed by atoms with Crippen LogP contribution in [-0.4, -0.2) is 4.40 Å². The maximum absolute atomic E-state index is 2.44. The van der Waals surface area contributed by atoms with Crippen LogP contribution >= 0.6 is 0 Å². The van der Waals surface area contributed by atoms with Gasteiger partial charge in [-0.1, -0.05) is 129 Å². The van der Waals surface area contributed by atoms with E-state index in [-0.39, 0.29) is 5.41 Å². The number of rotatable bonds is 3. The highest BCUT2D eigenvalue weighted by Gasteiger charge is 2.37. The first-order chi connectivity index (χ1) is 24.2. The second-order valence-electron chi connectivity index (χ2n) is 14.5. The predicted molar refractivity (Wildman–Crippen MR) is 218 cm³/mol. The fourth-order valence-electron chi connectivity index (χ4n) is 8.56. The zero-order valence-electron chi connectivity index (χ0n) is 30.4. The number of fused-ring (bicyclic) bond motifs is 7. The summed E-state index contributed by atoms with van der Waals surface area (Å²) in [4.78, 5) is 0. The van der Waals surface area contributed by atoms with E-state index in [1.54, 1.807) is 0 Å². The van der Waals surface area contributed by atoms with Crippen molar-refractivity contribution < 1.29 is 0 Å². The number of allylic oxidation sites excluding steroid dienone is 4. The van der Waals surface area contributed by atoms with Crippen LogP contribution in [0.3, 0.4) is 0 Å². The predicted octanol–water partition coefficient (Wildman–Crippen LogP) is 13.8. The molecule has 0 amide bonds. The zero-order chi connectivity index (χ0) is 34.7. The molecule has 0 N–H and O–H groups in total. The van der Waals surface area contributed by atoms with Crippen LogP contribution in [0.15, 0.2) is 139 Å². The van der Waals surface area contributed by atoms with E-state index in [9.17, 15) is 0 Å². The Balaban J connectivity index is 0.000000180. The van der Waals surface area contributed by atoms with E-state index < -0.39 is 0 Å². The number of hydrogen-bond acceptors (Lipinski definition) is 0. The minimum atomic E-state index is 0.150. The number of benzene rings is 6.